The van der Waals surface area contributed by atoms with Gasteiger partial charge in [0, 0.05) is 0 Å². The Kier molecular flexibility index (Phi) is 5.37. The summed E-state index contributed by atoms with van der Waals surface area (Å²) in [6.45, 7) is 4.41. The van der Waals surface area contributed by atoms with E-state index in [9.17, 15) is 0 Å². The van der Waals surface area contributed by atoms with Crippen molar-refractivity contribution in [2.45, 2.75) is 32.2 Å². The quantitative estimate of drug-likeness (QED) is 0.630. The Labute approximate surface area is 127 Å². The molecule has 0 aliphatic carbocycles. The van der Waals surface area contributed by atoms with Crippen molar-refractivity contribution in [3.8, 4) is 5.75 Å². The molecule has 3 N–H and O–H groups in total. The molecular weight excluding hydrogens is 260 g/mol. The van der Waals surface area contributed by atoms with E-state index >= 15 is 0 Å². The standard InChI is InChI=1S/C18H24N2O/c1-13(2)15-9-7-14(8-10-15)11-18(20-19)16-5-4-6-17(12-16)21-3/h4-10,12-13,18,20H,11,19H2,1-3H3. The first-order chi connectivity index (χ1) is 10.1. The minimum Gasteiger partial charge on any atom is -0.497 e. The fourth-order valence-electron chi connectivity index (χ4n) is 2.41. The summed E-state index contributed by atoms with van der Waals surface area (Å²) in [5.74, 6) is 7.14. The van der Waals surface area contributed by atoms with E-state index in [1.54, 1.807) is 7.11 Å². The lowest BCUT2D eigenvalue weighted by atomic mass is 9.96. The molecular formula is C18H24N2O. The molecule has 21 heavy (non-hydrogen) atoms. The van der Waals surface area contributed by atoms with Gasteiger partial charge < -0.3 is 4.74 Å². The highest BCUT2D eigenvalue weighted by molar-refractivity contribution is 5.32. The van der Waals surface area contributed by atoms with Gasteiger partial charge in [-0.05, 0) is 41.2 Å². The molecule has 0 aromatic heterocycles. The van der Waals surface area contributed by atoms with Crippen LogP contribution in [0.1, 0.15) is 42.5 Å². The summed E-state index contributed by atoms with van der Waals surface area (Å²) < 4.78 is 5.27. The van der Waals surface area contributed by atoms with E-state index in [2.05, 4.69) is 49.6 Å². The SMILES string of the molecule is COc1cccc(C(Cc2ccc(C(C)C)cc2)NN)c1. The van der Waals surface area contributed by atoms with E-state index in [-0.39, 0.29) is 6.04 Å². The second kappa shape index (κ2) is 7.25. The molecule has 0 radical (unpaired) electrons. The number of nitrogens with one attached hydrogen (secondary N) is 1. The van der Waals surface area contributed by atoms with E-state index in [0.717, 1.165) is 17.7 Å². The lowest BCUT2D eigenvalue weighted by Gasteiger charge is -2.17. The molecule has 0 aliphatic rings. The maximum Gasteiger partial charge on any atom is 0.119 e. The van der Waals surface area contributed by atoms with Gasteiger partial charge in [0.05, 0.1) is 13.2 Å². The van der Waals surface area contributed by atoms with Gasteiger partial charge in [-0.2, -0.15) is 0 Å². The van der Waals surface area contributed by atoms with Crippen LogP contribution in [-0.4, -0.2) is 7.11 Å². The largest absolute Gasteiger partial charge is 0.497 e. The minimum absolute atomic E-state index is 0.0741. The minimum atomic E-state index is 0.0741. The van der Waals surface area contributed by atoms with Crippen LogP contribution in [0.3, 0.4) is 0 Å². The molecule has 3 nitrogen and oxygen atoms in total. The van der Waals surface area contributed by atoms with Crippen LogP contribution in [0.15, 0.2) is 48.5 Å². The fourth-order valence-corrected chi connectivity index (χ4v) is 2.41. The summed E-state index contributed by atoms with van der Waals surface area (Å²) >= 11 is 0. The van der Waals surface area contributed by atoms with Gasteiger partial charge in [-0.15, -0.1) is 0 Å². The second-order valence-electron chi connectivity index (χ2n) is 5.60. The number of hydrogen-bond acceptors (Lipinski definition) is 3. The molecule has 0 heterocycles. The van der Waals surface area contributed by atoms with Gasteiger partial charge in [0.2, 0.25) is 0 Å². The fraction of sp³-hybridized carbons (Fsp3) is 0.333. The smallest absolute Gasteiger partial charge is 0.119 e. The Hall–Kier alpha value is -1.84. The van der Waals surface area contributed by atoms with Gasteiger partial charge in [0.15, 0.2) is 0 Å². The van der Waals surface area contributed by atoms with E-state index in [0.29, 0.717) is 5.92 Å². The van der Waals surface area contributed by atoms with E-state index in [1.165, 1.54) is 11.1 Å². The number of hydrogen-bond donors (Lipinski definition) is 2. The molecule has 0 amide bonds. The van der Waals surface area contributed by atoms with Crippen molar-refractivity contribution in [2.75, 3.05) is 7.11 Å². The van der Waals surface area contributed by atoms with Crippen LogP contribution in [0.25, 0.3) is 0 Å². The van der Waals surface area contributed by atoms with Crippen LogP contribution < -0.4 is 16.0 Å². The van der Waals surface area contributed by atoms with Crippen LogP contribution >= 0.6 is 0 Å². The van der Waals surface area contributed by atoms with Gasteiger partial charge >= 0.3 is 0 Å². The lowest BCUT2D eigenvalue weighted by molar-refractivity contribution is 0.413. The first-order valence-electron chi connectivity index (χ1n) is 7.33. The van der Waals surface area contributed by atoms with E-state index in [4.69, 9.17) is 10.6 Å². The number of rotatable bonds is 6. The molecule has 0 bridgehead atoms. The molecule has 0 saturated heterocycles. The zero-order valence-corrected chi connectivity index (χ0v) is 13.0. The van der Waals surface area contributed by atoms with Gasteiger partial charge in [-0.3, -0.25) is 11.3 Å². The summed E-state index contributed by atoms with van der Waals surface area (Å²) in [7, 11) is 1.68. The third kappa shape index (κ3) is 4.06. The highest BCUT2D eigenvalue weighted by Gasteiger charge is 2.11. The molecule has 0 fully saturated rings. The summed E-state index contributed by atoms with van der Waals surface area (Å²) in [5, 5.41) is 0. The van der Waals surface area contributed by atoms with Gasteiger partial charge in [-0.1, -0.05) is 50.2 Å². The van der Waals surface area contributed by atoms with Gasteiger partial charge in [0.1, 0.15) is 5.75 Å². The summed E-state index contributed by atoms with van der Waals surface area (Å²) in [6.07, 6.45) is 0.849. The van der Waals surface area contributed by atoms with Crippen molar-refractivity contribution in [3.05, 3.63) is 65.2 Å². The van der Waals surface area contributed by atoms with E-state index in [1.807, 2.05) is 18.2 Å². The average molecular weight is 284 g/mol. The lowest BCUT2D eigenvalue weighted by Crippen LogP contribution is -2.29. The zero-order chi connectivity index (χ0) is 15.2. The van der Waals surface area contributed by atoms with Gasteiger partial charge in [-0.25, -0.2) is 0 Å². The highest BCUT2D eigenvalue weighted by Crippen LogP contribution is 2.23. The van der Waals surface area contributed by atoms with Crippen molar-refractivity contribution in [2.24, 2.45) is 5.84 Å². The number of hydrazine groups is 1. The number of methoxy groups -OCH3 is 1. The number of benzene rings is 2. The molecule has 2 aromatic rings. The molecule has 0 saturated carbocycles. The molecule has 1 unspecified atom stereocenters. The van der Waals surface area contributed by atoms with Crippen molar-refractivity contribution < 1.29 is 4.74 Å². The Morgan fingerprint density at radius 3 is 2.33 bits per heavy atom. The normalized spacial score (nSPS) is 12.4. The Morgan fingerprint density at radius 2 is 1.76 bits per heavy atom. The summed E-state index contributed by atoms with van der Waals surface area (Å²) in [4.78, 5) is 0. The number of ether oxygens (including phenoxy) is 1. The average Bonchev–Trinajstić information content (AvgIpc) is 2.53. The zero-order valence-electron chi connectivity index (χ0n) is 13.0. The predicted octanol–water partition coefficient (Wildman–Crippen LogP) is 3.57. The Morgan fingerprint density at radius 1 is 1.05 bits per heavy atom. The molecule has 112 valence electrons. The summed E-state index contributed by atoms with van der Waals surface area (Å²) in [6, 6.07) is 16.8. The first-order valence-corrected chi connectivity index (χ1v) is 7.33. The predicted molar refractivity (Wildman–Crippen MR) is 87.3 cm³/mol. The van der Waals surface area contributed by atoms with Crippen LogP contribution in [0.4, 0.5) is 0 Å². The highest BCUT2D eigenvalue weighted by atomic mass is 16.5. The second-order valence-corrected chi connectivity index (χ2v) is 5.60. The molecule has 3 heteroatoms. The Bertz CT molecular complexity index is 564. The van der Waals surface area contributed by atoms with Gasteiger partial charge in [0.25, 0.3) is 0 Å². The molecule has 1 atom stereocenters. The number of nitrogens with two attached hydrogens (primary N) is 1. The van der Waals surface area contributed by atoms with Crippen LogP contribution in [0.5, 0.6) is 5.75 Å². The summed E-state index contributed by atoms with van der Waals surface area (Å²) in [5.41, 5.74) is 6.66. The topological polar surface area (TPSA) is 47.3 Å². The monoisotopic (exact) mass is 284 g/mol. The molecule has 2 rings (SSSR count). The van der Waals surface area contributed by atoms with Crippen LogP contribution in [-0.2, 0) is 6.42 Å². The van der Waals surface area contributed by atoms with Crippen LogP contribution in [0.2, 0.25) is 0 Å². The first kappa shape index (κ1) is 15.5. The van der Waals surface area contributed by atoms with Crippen molar-refractivity contribution in [3.63, 3.8) is 0 Å². The molecule has 0 spiro atoms. The molecule has 2 aromatic carbocycles. The van der Waals surface area contributed by atoms with E-state index < -0.39 is 0 Å². The maximum absolute atomic E-state index is 5.73. The molecule has 0 aliphatic heterocycles. The van der Waals surface area contributed by atoms with Crippen molar-refractivity contribution in [1.29, 1.82) is 0 Å². The maximum atomic E-state index is 5.73. The third-order valence-corrected chi connectivity index (χ3v) is 3.78. The van der Waals surface area contributed by atoms with Crippen molar-refractivity contribution in [1.82, 2.24) is 5.43 Å². The van der Waals surface area contributed by atoms with Crippen molar-refractivity contribution >= 4 is 0 Å². The van der Waals surface area contributed by atoms with Crippen LogP contribution in [0, 0.1) is 0 Å². The third-order valence-electron chi connectivity index (χ3n) is 3.78. The Balaban J connectivity index is 2.14.